The first-order valence-corrected chi connectivity index (χ1v) is 4.21. The van der Waals surface area contributed by atoms with Crippen molar-refractivity contribution >= 4 is 5.97 Å². The number of carboxylic acid groups (broad SMARTS) is 1. The van der Waals surface area contributed by atoms with Crippen molar-refractivity contribution in [3.05, 3.63) is 0 Å². The fraction of sp³-hybridized carbons (Fsp3) is 0.875. The lowest BCUT2D eigenvalue weighted by Crippen LogP contribution is -2.21. The van der Waals surface area contributed by atoms with E-state index < -0.39 is 12.1 Å². The number of ether oxygens (including phenoxy) is 1. The maximum atomic E-state index is 13.1. The Kier molecular flexibility index (Phi) is 3.62. The zero-order chi connectivity index (χ0) is 9.84. The molecular weight excluding hydrogens is 177 g/mol. The minimum atomic E-state index is -1.01. The Morgan fingerprint density at radius 2 is 2.38 bits per heavy atom. The highest BCUT2D eigenvalue weighted by molar-refractivity contribution is 5.67. The van der Waals surface area contributed by atoms with Crippen LogP contribution in [0.15, 0.2) is 0 Å². The third-order valence-electron chi connectivity index (χ3n) is 2.10. The predicted molar refractivity (Wildman–Crippen MR) is 44.3 cm³/mol. The fourth-order valence-corrected chi connectivity index (χ4v) is 1.49. The van der Waals surface area contributed by atoms with Gasteiger partial charge in [0.05, 0.1) is 6.61 Å². The van der Waals surface area contributed by atoms with E-state index in [9.17, 15) is 9.18 Å². The van der Waals surface area contributed by atoms with Crippen molar-refractivity contribution in [2.24, 2.45) is 5.92 Å². The summed E-state index contributed by atoms with van der Waals surface area (Å²) in [6.45, 7) is 0.909. The van der Waals surface area contributed by atoms with E-state index in [1.807, 2.05) is 11.9 Å². The van der Waals surface area contributed by atoms with E-state index in [4.69, 9.17) is 9.84 Å². The largest absolute Gasteiger partial charge is 0.480 e. The van der Waals surface area contributed by atoms with Crippen molar-refractivity contribution in [3.8, 4) is 0 Å². The number of rotatable bonds is 4. The zero-order valence-electron chi connectivity index (χ0n) is 7.57. The van der Waals surface area contributed by atoms with Crippen LogP contribution >= 0.6 is 0 Å². The van der Waals surface area contributed by atoms with E-state index in [0.717, 1.165) is 0 Å². The average molecular weight is 191 g/mol. The molecule has 2 atom stereocenters. The Hall–Kier alpha value is -0.680. The Balaban J connectivity index is 2.18. The van der Waals surface area contributed by atoms with Crippen LogP contribution < -0.4 is 0 Å². The molecule has 76 valence electrons. The van der Waals surface area contributed by atoms with Gasteiger partial charge in [0.15, 0.2) is 0 Å². The predicted octanol–water partition coefficient (Wildman–Crippen LogP) is -0.0127. The zero-order valence-corrected chi connectivity index (χ0v) is 7.57. The van der Waals surface area contributed by atoms with Gasteiger partial charge >= 0.3 is 5.97 Å². The molecular formula is C8H14FNO3. The quantitative estimate of drug-likeness (QED) is 0.679. The summed E-state index contributed by atoms with van der Waals surface area (Å²) in [5, 5.41) is 8.28. The number of carbonyl (C=O) groups is 1. The average Bonchev–Trinajstić information content (AvgIpc) is 2.29. The SMILES string of the molecule is CN1CC(F)C(COCC(=O)O)C1. The summed E-state index contributed by atoms with van der Waals surface area (Å²) in [6.07, 6.45) is -0.890. The molecule has 13 heavy (non-hydrogen) atoms. The van der Waals surface area contributed by atoms with Gasteiger partial charge in [-0.1, -0.05) is 0 Å². The second-order valence-electron chi connectivity index (χ2n) is 3.41. The molecule has 0 saturated carbocycles. The van der Waals surface area contributed by atoms with Gasteiger partial charge in [0.1, 0.15) is 12.8 Å². The molecule has 1 fully saturated rings. The van der Waals surface area contributed by atoms with Crippen LogP contribution in [0.1, 0.15) is 0 Å². The van der Waals surface area contributed by atoms with Gasteiger partial charge in [0, 0.05) is 19.0 Å². The summed E-state index contributed by atoms with van der Waals surface area (Å²) in [7, 11) is 1.84. The van der Waals surface area contributed by atoms with E-state index >= 15 is 0 Å². The van der Waals surface area contributed by atoms with Crippen LogP contribution in [-0.4, -0.2) is 55.5 Å². The van der Waals surface area contributed by atoms with Crippen molar-refractivity contribution in [2.75, 3.05) is 33.4 Å². The number of halogens is 1. The van der Waals surface area contributed by atoms with Crippen LogP contribution in [0.5, 0.6) is 0 Å². The summed E-state index contributed by atoms with van der Waals surface area (Å²) in [5.41, 5.74) is 0. The first-order valence-electron chi connectivity index (χ1n) is 4.21. The minimum Gasteiger partial charge on any atom is -0.480 e. The van der Waals surface area contributed by atoms with Gasteiger partial charge in [0.2, 0.25) is 0 Å². The van der Waals surface area contributed by atoms with E-state index in [1.54, 1.807) is 0 Å². The lowest BCUT2D eigenvalue weighted by Gasteiger charge is -2.10. The maximum Gasteiger partial charge on any atom is 0.329 e. The van der Waals surface area contributed by atoms with Crippen molar-refractivity contribution < 1.29 is 19.0 Å². The summed E-state index contributed by atoms with van der Waals surface area (Å²) < 4.78 is 17.9. The monoisotopic (exact) mass is 191 g/mol. The second-order valence-corrected chi connectivity index (χ2v) is 3.41. The molecule has 1 saturated heterocycles. The lowest BCUT2D eigenvalue weighted by atomic mass is 10.1. The molecule has 1 aliphatic rings. The molecule has 0 aromatic carbocycles. The van der Waals surface area contributed by atoms with Crippen molar-refractivity contribution in [1.29, 1.82) is 0 Å². The summed E-state index contributed by atoms with van der Waals surface area (Å²) in [6, 6.07) is 0. The molecule has 1 aliphatic heterocycles. The molecule has 0 aromatic rings. The third-order valence-corrected chi connectivity index (χ3v) is 2.10. The Bertz CT molecular complexity index is 188. The summed E-state index contributed by atoms with van der Waals surface area (Å²) >= 11 is 0. The highest BCUT2D eigenvalue weighted by atomic mass is 19.1. The normalized spacial score (nSPS) is 29.4. The number of carboxylic acids is 1. The number of hydrogen-bond donors (Lipinski definition) is 1. The highest BCUT2D eigenvalue weighted by Gasteiger charge is 2.30. The van der Waals surface area contributed by atoms with Gasteiger partial charge < -0.3 is 14.7 Å². The molecule has 0 radical (unpaired) electrons. The molecule has 0 aliphatic carbocycles. The standard InChI is InChI=1S/C8H14FNO3/c1-10-2-6(7(9)3-10)4-13-5-8(11)12/h6-7H,2-5H2,1H3,(H,11,12). The summed E-state index contributed by atoms with van der Waals surface area (Å²) in [4.78, 5) is 12.0. The number of nitrogens with zero attached hydrogens (tertiary/aromatic N) is 1. The van der Waals surface area contributed by atoms with E-state index in [1.165, 1.54) is 0 Å². The molecule has 1 N–H and O–H groups in total. The number of likely N-dealkylation sites (tertiary alicyclic amines) is 1. The summed E-state index contributed by atoms with van der Waals surface area (Å²) in [5.74, 6) is -1.19. The first-order chi connectivity index (χ1) is 6.09. The minimum absolute atomic E-state index is 0.177. The Labute approximate surface area is 76.3 Å². The Morgan fingerprint density at radius 3 is 2.85 bits per heavy atom. The molecule has 5 heteroatoms. The lowest BCUT2D eigenvalue weighted by molar-refractivity contribution is -0.142. The van der Waals surface area contributed by atoms with Gasteiger partial charge in [-0.2, -0.15) is 0 Å². The van der Waals surface area contributed by atoms with E-state index in [-0.39, 0.29) is 19.1 Å². The topological polar surface area (TPSA) is 49.8 Å². The molecule has 4 nitrogen and oxygen atoms in total. The van der Waals surface area contributed by atoms with Crippen LogP contribution in [0.25, 0.3) is 0 Å². The fourth-order valence-electron chi connectivity index (χ4n) is 1.49. The van der Waals surface area contributed by atoms with Crippen molar-refractivity contribution in [1.82, 2.24) is 4.90 Å². The van der Waals surface area contributed by atoms with Crippen LogP contribution in [-0.2, 0) is 9.53 Å². The van der Waals surface area contributed by atoms with Gasteiger partial charge in [0.25, 0.3) is 0 Å². The van der Waals surface area contributed by atoms with Gasteiger partial charge in [-0.3, -0.25) is 0 Å². The first kappa shape index (κ1) is 10.4. The van der Waals surface area contributed by atoms with Crippen molar-refractivity contribution in [3.63, 3.8) is 0 Å². The number of aliphatic carboxylic acids is 1. The van der Waals surface area contributed by atoms with Crippen LogP contribution in [0.4, 0.5) is 4.39 Å². The highest BCUT2D eigenvalue weighted by Crippen LogP contribution is 2.18. The van der Waals surface area contributed by atoms with Gasteiger partial charge in [-0.15, -0.1) is 0 Å². The molecule has 0 bridgehead atoms. The molecule has 1 heterocycles. The molecule has 2 unspecified atom stereocenters. The molecule has 0 spiro atoms. The van der Waals surface area contributed by atoms with E-state index in [0.29, 0.717) is 13.1 Å². The van der Waals surface area contributed by atoms with Gasteiger partial charge in [-0.25, -0.2) is 9.18 Å². The van der Waals surface area contributed by atoms with Crippen LogP contribution in [0, 0.1) is 5.92 Å². The van der Waals surface area contributed by atoms with Crippen LogP contribution in [0.3, 0.4) is 0 Å². The van der Waals surface area contributed by atoms with E-state index in [2.05, 4.69) is 0 Å². The number of alkyl halides is 1. The van der Waals surface area contributed by atoms with Gasteiger partial charge in [-0.05, 0) is 7.05 Å². The van der Waals surface area contributed by atoms with Crippen LogP contribution in [0.2, 0.25) is 0 Å². The van der Waals surface area contributed by atoms with Crippen molar-refractivity contribution in [2.45, 2.75) is 6.17 Å². The third kappa shape index (κ3) is 3.28. The maximum absolute atomic E-state index is 13.1. The molecule has 1 rings (SSSR count). The second kappa shape index (κ2) is 4.53. The Morgan fingerprint density at radius 1 is 1.69 bits per heavy atom. The smallest absolute Gasteiger partial charge is 0.329 e. The molecule has 0 aromatic heterocycles. The molecule has 0 amide bonds. The number of hydrogen-bond acceptors (Lipinski definition) is 3.